The molecule has 0 aromatic carbocycles. The van der Waals surface area contributed by atoms with Gasteiger partial charge in [-0.1, -0.05) is 0 Å². The highest BCUT2D eigenvalue weighted by molar-refractivity contribution is 7.07. The minimum absolute atomic E-state index is 0.283. The number of hydrogen-bond donors (Lipinski definition) is 1. The molecule has 0 atom stereocenters. The van der Waals surface area contributed by atoms with E-state index in [2.05, 4.69) is 20.5 Å². The highest BCUT2D eigenvalue weighted by Gasteiger charge is 2.32. The maximum Gasteiger partial charge on any atom is 0.435 e. The van der Waals surface area contributed by atoms with Crippen LogP contribution in [0.4, 0.5) is 19.0 Å². The lowest BCUT2D eigenvalue weighted by molar-refractivity contribution is -0.141. The number of halogens is 3. The Kier molecular flexibility index (Phi) is 3.23. The monoisotopic (exact) mass is 260 g/mol. The molecule has 17 heavy (non-hydrogen) atoms. The molecule has 0 bridgehead atoms. The van der Waals surface area contributed by atoms with Gasteiger partial charge in [-0.25, -0.2) is 4.98 Å². The smallest absolute Gasteiger partial charge is 0.363 e. The molecule has 2 aromatic heterocycles. The van der Waals surface area contributed by atoms with Crippen LogP contribution in [0.15, 0.2) is 23.0 Å². The Morgan fingerprint density at radius 2 is 2.06 bits per heavy atom. The first-order valence-corrected chi connectivity index (χ1v) is 5.52. The van der Waals surface area contributed by atoms with Crippen molar-refractivity contribution in [1.29, 1.82) is 0 Å². The van der Waals surface area contributed by atoms with E-state index in [4.69, 9.17) is 0 Å². The van der Waals surface area contributed by atoms with E-state index < -0.39 is 11.9 Å². The van der Waals surface area contributed by atoms with Crippen molar-refractivity contribution < 1.29 is 13.2 Å². The van der Waals surface area contributed by atoms with E-state index in [1.807, 2.05) is 5.38 Å². The summed E-state index contributed by atoms with van der Waals surface area (Å²) < 4.78 is 36.6. The third kappa shape index (κ3) is 3.13. The number of hydrogen-bond acceptors (Lipinski definition) is 5. The predicted molar refractivity (Wildman–Crippen MR) is 56.5 cm³/mol. The molecule has 0 unspecified atom stereocenters. The van der Waals surface area contributed by atoms with Crippen molar-refractivity contribution in [2.45, 2.75) is 12.7 Å². The van der Waals surface area contributed by atoms with Gasteiger partial charge in [-0.05, 0) is 12.1 Å². The molecular weight excluding hydrogens is 253 g/mol. The Hall–Kier alpha value is -1.70. The summed E-state index contributed by atoms with van der Waals surface area (Å²) in [5, 5.41) is 11.2. The van der Waals surface area contributed by atoms with E-state index >= 15 is 0 Å². The predicted octanol–water partition coefficient (Wildman–Crippen LogP) is 2.56. The Bertz CT molecular complexity index is 466. The highest BCUT2D eigenvalue weighted by atomic mass is 32.1. The van der Waals surface area contributed by atoms with E-state index in [0.717, 1.165) is 11.8 Å². The van der Waals surface area contributed by atoms with Gasteiger partial charge in [0.25, 0.3) is 0 Å². The number of alkyl halides is 3. The second kappa shape index (κ2) is 4.66. The van der Waals surface area contributed by atoms with E-state index in [1.165, 1.54) is 17.4 Å². The Morgan fingerprint density at radius 3 is 2.59 bits per heavy atom. The Labute approximate surface area is 98.5 Å². The van der Waals surface area contributed by atoms with Crippen LogP contribution in [0.2, 0.25) is 0 Å². The van der Waals surface area contributed by atoms with Crippen LogP contribution in [-0.2, 0) is 12.7 Å². The lowest BCUT2D eigenvalue weighted by Gasteiger charge is -2.06. The van der Waals surface area contributed by atoms with Crippen molar-refractivity contribution in [3.05, 3.63) is 34.4 Å². The maximum atomic E-state index is 12.2. The van der Waals surface area contributed by atoms with Gasteiger partial charge in [-0.2, -0.15) is 13.2 Å². The second-order valence-corrected chi connectivity index (χ2v) is 3.85. The van der Waals surface area contributed by atoms with Gasteiger partial charge in [0.15, 0.2) is 5.69 Å². The van der Waals surface area contributed by atoms with Gasteiger partial charge >= 0.3 is 6.18 Å². The first-order valence-electron chi connectivity index (χ1n) is 4.57. The number of aromatic nitrogens is 3. The molecule has 0 aliphatic heterocycles. The minimum atomic E-state index is -4.46. The van der Waals surface area contributed by atoms with Crippen LogP contribution in [0.1, 0.15) is 11.4 Å². The van der Waals surface area contributed by atoms with Gasteiger partial charge < -0.3 is 5.32 Å². The molecule has 2 aromatic rings. The topological polar surface area (TPSA) is 50.7 Å². The van der Waals surface area contributed by atoms with Gasteiger partial charge in [-0.15, -0.1) is 21.5 Å². The molecule has 2 heterocycles. The fourth-order valence-corrected chi connectivity index (χ4v) is 1.64. The zero-order chi connectivity index (χ0) is 12.3. The van der Waals surface area contributed by atoms with E-state index in [1.54, 1.807) is 5.51 Å². The lowest BCUT2D eigenvalue weighted by atomic mass is 10.3. The zero-order valence-electron chi connectivity index (χ0n) is 8.40. The Morgan fingerprint density at radius 1 is 1.24 bits per heavy atom. The molecule has 0 saturated carbocycles. The number of thiazole rings is 1. The van der Waals surface area contributed by atoms with Crippen molar-refractivity contribution in [2.75, 3.05) is 5.32 Å². The first-order chi connectivity index (χ1) is 8.05. The van der Waals surface area contributed by atoms with E-state index in [0.29, 0.717) is 6.54 Å². The molecule has 0 fully saturated rings. The third-order valence-electron chi connectivity index (χ3n) is 1.89. The SMILES string of the molecule is FC(F)(F)c1ccc(NCc2cscn2)nn1. The zero-order valence-corrected chi connectivity index (χ0v) is 9.22. The van der Waals surface area contributed by atoms with Gasteiger partial charge in [0.1, 0.15) is 5.82 Å². The van der Waals surface area contributed by atoms with E-state index in [-0.39, 0.29) is 5.82 Å². The molecule has 0 aliphatic carbocycles. The van der Waals surface area contributed by atoms with Gasteiger partial charge in [-0.3, -0.25) is 0 Å². The van der Waals surface area contributed by atoms with Gasteiger partial charge in [0.05, 0.1) is 17.7 Å². The normalized spacial score (nSPS) is 11.5. The number of nitrogens with zero attached hydrogens (tertiary/aromatic N) is 3. The standard InChI is InChI=1S/C9H7F3N4S/c10-9(11,12)7-1-2-8(16-15-7)13-3-6-4-17-5-14-6/h1-2,4-5H,3H2,(H,13,16). The van der Waals surface area contributed by atoms with E-state index in [9.17, 15) is 13.2 Å². The molecule has 0 saturated heterocycles. The van der Waals surface area contributed by atoms with Gasteiger partial charge in [0.2, 0.25) is 0 Å². The summed E-state index contributed by atoms with van der Waals surface area (Å²) in [6.07, 6.45) is -4.46. The first kappa shape index (κ1) is 11.8. The largest absolute Gasteiger partial charge is 0.435 e. The Balaban J connectivity index is 1.99. The maximum absolute atomic E-state index is 12.2. The fourth-order valence-electron chi connectivity index (χ4n) is 1.08. The number of nitrogens with one attached hydrogen (secondary N) is 1. The van der Waals surface area contributed by atoms with Crippen molar-refractivity contribution in [3.63, 3.8) is 0 Å². The van der Waals surface area contributed by atoms with Crippen molar-refractivity contribution in [1.82, 2.24) is 15.2 Å². The minimum Gasteiger partial charge on any atom is -0.363 e. The second-order valence-electron chi connectivity index (χ2n) is 3.13. The van der Waals surface area contributed by atoms with Crippen molar-refractivity contribution in [3.8, 4) is 0 Å². The highest BCUT2D eigenvalue weighted by Crippen LogP contribution is 2.27. The summed E-state index contributed by atoms with van der Waals surface area (Å²) in [6, 6.07) is 2.12. The summed E-state index contributed by atoms with van der Waals surface area (Å²) >= 11 is 1.44. The molecule has 0 amide bonds. The van der Waals surface area contributed by atoms with Crippen LogP contribution in [0, 0.1) is 0 Å². The quantitative estimate of drug-likeness (QED) is 0.921. The van der Waals surface area contributed by atoms with Crippen LogP contribution >= 0.6 is 11.3 Å². The fraction of sp³-hybridized carbons (Fsp3) is 0.222. The molecule has 0 aliphatic rings. The molecular formula is C9H7F3N4S. The molecule has 1 N–H and O–H groups in total. The number of anilines is 1. The third-order valence-corrected chi connectivity index (χ3v) is 2.52. The average Bonchev–Trinajstić information content (AvgIpc) is 2.78. The lowest BCUT2D eigenvalue weighted by Crippen LogP contribution is -2.10. The molecule has 8 heteroatoms. The summed E-state index contributed by atoms with van der Waals surface area (Å²) in [4.78, 5) is 4.02. The van der Waals surface area contributed by atoms with Crippen LogP contribution in [-0.4, -0.2) is 15.2 Å². The average molecular weight is 260 g/mol. The van der Waals surface area contributed by atoms with Crippen LogP contribution < -0.4 is 5.32 Å². The molecule has 2 rings (SSSR count). The van der Waals surface area contributed by atoms with Crippen LogP contribution in [0.5, 0.6) is 0 Å². The van der Waals surface area contributed by atoms with Gasteiger partial charge in [0, 0.05) is 5.38 Å². The summed E-state index contributed by atoms with van der Waals surface area (Å²) in [5.41, 5.74) is 1.48. The van der Waals surface area contributed by atoms with Crippen LogP contribution in [0.3, 0.4) is 0 Å². The summed E-state index contributed by atoms with van der Waals surface area (Å²) in [6.45, 7) is 0.406. The van der Waals surface area contributed by atoms with Crippen LogP contribution in [0.25, 0.3) is 0 Å². The molecule has 4 nitrogen and oxygen atoms in total. The molecule has 90 valence electrons. The number of rotatable bonds is 3. The molecule has 0 radical (unpaired) electrons. The van der Waals surface area contributed by atoms with Crippen molar-refractivity contribution in [2.24, 2.45) is 0 Å². The summed E-state index contributed by atoms with van der Waals surface area (Å²) in [7, 11) is 0. The van der Waals surface area contributed by atoms with Crippen molar-refractivity contribution >= 4 is 17.2 Å². The molecule has 0 spiro atoms. The summed E-state index contributed by atoms with van der Waals surface area (Å²) in [5.74, 6) is 0.283.